The molecule has 0 aliphatic rings. The van der Waals surface area contributed by atoms with Gasteiger partial charge in [-0.25, -0.2) is 0 Å². The smallest absolute Gasteiger partial charge is 0.273 e. The molecule has 88 valence electrons. The first kappa shape index (κ1) is 11.6. The number of aromatic nitrogens is 1. The molecule has 2 aromatic rings. The molecule has 1 heterocycles. The van der Waals surface area contributed by atoms with E-state index in [9.17, 15) is 10.1 Å². The van der Waals surface area contributed by atoms with E-state index in [2.05, 4.69) is 21.1 Å². The van der Waals surface area contributed by atoms with Crippen LogP contribution in [0.25, 0.3) is 0 Å². The molecule has 7 heteroatoms. The van der Waals surface area contributed by atoms with E-state index in [1.54, 1.807) is 12.1 Å². The first-order valence-electron chi connectivity index (χ1n) is 4.63. The molecule has 1 aromatic carbocycles. The summed E-state index contributed by atoms with van der Waals surface area (Å²) in [7, 11) is 0. The predicted molar refractivity (Wildman–Crippen MR) is 61.6 cm³/mol. The van der Waals surface area contributed by atoms with Crippen molar-refractivity contribution in [3.05, 3.63) is 50.8 Å². The Balaban J connectivity index is 2.14. The maximum atomic E-state index is 10.6. The first-order valence-corrected chi connectivity index (χ1v) is 5.42. The zero-order valence-electron chi connectivity index (χ0n) is 8.50. The van der Waals surface area contributed by atoms with Gasteiger partial charge in [0.15, 0.2) is 5.76 Å². The number of ether oxygens (including phenoxy) is 1. The highest BCUT2D eigenvalue weighted by molar-refractivity contribution is 9.10. The molecular formula is C10H7BrN2O4. The molecule has 2 rings (SSSR count). The van der Waals surface area contributed by atoms with Crippen LogP contribution in [0.2, 0.25) is 0 Å². The van der Waals surface area contributed by atoms with E-state index in [0.29, 0.717) is 16.0 Å². The number of benzene rings is 1. The third kappa shape index (κ3) is 2.82. The fraction of sp³-hybridized carbons (Fsp3) is 0.100. The molecular weight excluding hydrogens is 292 g/mol. The summed E-state index contributed by atoms with van der Waals surface area (Å²) < 4.78 is 10.9. The van der Waals surface area contributed by atoms with Crippen LogP contribution in [0.1, 0.15) is 5.76 Å². The van der Waals surface area contributed by atoms with Crippen LogP contribution in [0.4, 0.5) is 5.69 Å². The molecule has 0 aliphatic heterocycles. The molecule has 0 aliphatic carbocycles. The predicted octanol–water partition coefficient (Wildman–Crippen LogP) is 2.92. The molecule has 0 spiro atoms. The van der Waals surface area contributed by atoms with Gasteiger partial charge in [-0.3, -0.25) is 10.1 Å². The Labute approximate surface area is 104 Å². The fourth-order valence-electron chi connectivity index (χ4n) is 1.18. The summed E-state index contributed by atoms with van der Waals surface area (Å²) in [4.78, 5) is 10.1. The number of non-ortho nitro benzene ring substituents is 1. The molecule has 0 unspecified atom stereocenters. The molecule has 17 heavy (non-hydrogen) atoms. The van der Waals surface area contributed by atoms with Crippen molar-refractivity contribution in [3.63, 3.8) is 0 Å². The lowest BCUT2D eigenvalue weighted by Crippen LogP contribution is -1.96. The standard InChI is InChI=1S/C10H7BrN2O4/c11-9-2-1-7(13(14)15)5-10(9)16-6-8-3-4-12-17-8/h1-5H,6H2. The maximum absolute atomic E-state index is 10.6. The number of nitrogens with zero attached hydrogens (tertiary/aromatic N) is 2. The average Bonchev–Trinajstić information content (AvgIpc) is 2.80. The zero-order valence-corrected chi connectivity index (χ0v) is 10.1. The molecule has 0 fully saturated rings. The summed E-state index contributed by atoms with van der Waals surface area (Å²) in [5.41, 5.74) is -0.0271. The second kappa shape index (κ2) is 4.96. The Hall–Kier alpha value is -1.89. The van der Waals surface area contributed by atoms with E-state index >= 15 is 0 Å². The van der Waals surface area contributed by atoms with Gasteiger partial charge in [-0.1, -0.05) is 5.16 Å². The quantitative estimate of drug-likeness (QED) is 0.640. The van der Waals surface area contributed by atoms with Gasteiger partial charge in [-0.05, 0) is 22.0 Å². The van der Waals surface area contributed by atoms with Gasteiger partial charge >= 0.3 is 0 Å². The van der Waals surface area contributed by atoms with Crippen LogP contribution in [0.5, 0.6) is 5.75 Å². The maximum Gasteiger partial charge on any atom is 0.273 e. The summed E-state index contributed by atoms with van der Waals surface area (Å²) >= 11 is 3.25. The van der Waals surface area contributed by atoms with Crippen LogP contribution in [0.3, 0.4) is 0 Å². The van der Waals surface area contributed by atoms with Gasteiger partial charge in [0.25, 0.3) is 5.69 Å². The number of nitro benzene ring substituents is 1. The first-order chi connectivity index (χ1) is 8.16. The molecule has 0 radical (unpaired) electrons. The molecule has 0 saturated heterocycles. The molecule has 0 bridgehead atoms. The second-order valence-electron chi connectivity index (χ2n) is 3.14. The highest BCUT2D eigenvalue weighted by atomic mass is 79.9. The van der Waals surface area contributed by atoms with E-state index in [1.807, 2.05) is 0 Å². The summed E-state index contributed by atoms with van der Waals surface area (Å²) in [5, 5.41) is 14.1. The Morgan fingerprint density at radius 3 is 2.94 bits per heavy atom. The number of rotatable bonds is 4. The average molecular weight is 299 g/mol. The molecule has 0 saturated carbocycles. The fourth-order valence-corrected chi connectivity index (χ4v) is 1.54. The van der Waals surface area contributed by atoms with E-state index < -0.39 is 4.92 Å². The van der Waals surface area contributed by atoms with E-state index in [0.717, 1.165) is 0 Å². The van der Waals surface area contributed by atoms with Crippen LogP contribution in [-0.4, -0.2) is 10.1 Å². The van der Waals surface area contributed by atoms with Crippen LogP contribution in [0.15, 0.2) is 39.5 Å². The molecule has 0 N–H and O–H groups in total. The van der Waals surface area contributed by atoms with Gasteiger partial charge in [0.1, 0.15) is 12.4 Å². The molecule has 0 amide bonds. The van der Waals surface area contributed by atoms with Crippen molar-refractivity contribution in [2.45, 2.75) is 6.61 Å². The van der Waals surface area contributed by atoms with Crippen LogP contribution >= 0.6 is 15.9 Å². The number of halogens is 1. The van der Waals surface area contributed by atoms with Crippen LogP contribution in [-0.2, 0) is 6.61 Å². The van der Waals surface area contributed by atoms with Gasteiger partial charge in [0.05, 0.1) is 21.7 Å². The molecule has 0 atom stereocenters. The van der Waals surface area contributed by atoms with Crippen molar-refractivity contribution in [3.8, 4) is 5.75 Å². The summed E-state index contributed by atoms with van der Waals surface area (Å²) in [5.74, 6) is 0.930. The van der Waals surface area contributed by atoms with Crippen molar-refractivity contribution in [1.29, 1.82) is 0 Å². The lowest BCUT2D eigenvalue weighted by atomic mass is 10.3. The van der Waals surface area contributed by atoms with Gasteiger partial charge < -0.3 is 9.26 Å². The van der Waals surface area contributed by atoms with Crippen molar-refractivity contribution in [1.82, 2.24) is 5.16 Å². The number of hydrogen-bond donors (Lipinski definition) is 0. The Morgan fingerprint density at radius 2 is 2.29 bits per heavy atom. The largest absolute Gasteiger partial charge is 0.484 e. The van der Waals surface area contributed by atoms with E-state index in [-0.39, 0.29) is 12.3 Å². The van der Waals surface area contributed by atoms with Crippen molar-refractivity contribution >= 4 is 21.6 Å². The van der Waals surface area contributed by atoms with Gasteiger partial charge in [0.2, 0.25) is 0 Å². The highest BCUT2D eigenvalue weighted by Gasteiger charge is 2.11. The third-order valence-corrected chi connectivity index (χ3v) is 2.64. The lowest BCUT2D eigenvalue weighted by Gasteiger charge is -2.05. The lowest BCUT2D eigenvalue weighted by molar-refractivity contribution is -0.385. The van der Waals surface area contributed by atoms with Crippen molar-refractivity contribution in [2.75, 3.05) is 0 Å². The molecule has 6 nitrogen and oxygen atoms in total. The minimum absolute atomic E-state index is 0.0271. The van der Waals surface area contributed by atoms with Crippen molar-refractivity contribution < 1.29 is 14.2 Å². The van der Waals surface area contributed by atoms with E-state index in [1.165, 1.54) is 18.3 Å². The van der Waals surface area contributed by atoms with Gasteiger partial charge in [-0.2, -0.15) is 0 Å². The summed E-state index contributed by atoms with van der Waals surface area (Å²) in [6, 6.07) is 5.96. The SMILES string of the molecule is O=[N+]([O-])c1ccc(Br)c(OCc2ccno2)c1. The summed E-state index contributed by atoms with van der Waals surface area (Å²) in [6.07, 6.45) is 1.50. The van der Waals surface area contributed by atoms with E-state index in [4.69, 9.17) is 9.26 Å². The Kier molecular flexibility index (Phi) is 3.38. The Bertz CT molecular complexity index is 527. The Morgan fingerprint density at radius 1 is 1.47 bits per heavy atom. The topological polar surface area (TPSA) is 78.4 Å². The normalized spacial score (nSPS) is 10.2. The van der Waals surface area contributed by atoms with Crippen molar-refractivity contribution in [2.24, 2.45) is 0 Å². The minimum Gasteiger partial charge on any atom is -0.484 e. The second-order valence-corrected chi connectivity index (χ2v) is 3.99. The third-order valence-electron chi connectivity index (χ3n) is 1.99. The zero-order chi connectivity index (χ0) is 12.3. The van der Waals surface area contributed by atoms with Gasteiger partial charge in [-0.15, -0.1) is 0 Å². The highest BCUT2D eigenvalue weighted by Crippen LogP contribution is 2.29. The number of nitro groups is 1. The monoisotopic (exact) mass is 298 g/mol. The molecule has 1 aromatic heterocycles. The van der Waals surface area contributed by atoms with Crippen LogP contribution < -0.4 is 4.74 Å². The number of hydrogen-bond acceptors (Lipinski definition) is 5. The minimum atomic E-state index is -0.478. The summed E-state index contributed by atoms with van der Waals surface area (Å²) in [6.45, 7) is 0.166. The van der Waals surface area contributed by atoms with Crippen LogP contribution in [0, 0.1) is 10.1 Å². The van der Waals surface area contributed by atoms with Gasteiger partial charge in [0, 0.05) is 12.1 Å².